The van der Waals surface area contributed by atoms with Gasteiger partial charge >= 0.3 is 0 Å². The molecule has 0 spiro atoms. The minimum absolute atomic E-state index is 0.177. The number of hydrogen-bond acceptors (Lipinski definition) is 5. The number of amides is 1. The molecule has 1 amide bonds. The molecule has 0 aliphatic rings. The van der Waals surface area contributed by atoms with Crippen molar-refractivity contribution in [3.05, 3.63) is 63.9 Å². The third-order valence-corrected chi connectivity index (χ3v) is 5.82. The van der Waals surface area contributed by atoms with Crippen LogP contribution >= 0.6 is 27.3 Å². The first kappa shape index (κ1) is 17.8. The second-order valence-electron chi connectivity index (χ2n) is 5.30. The maximum Gasteiger partial charge on any atom is 0.257 e. The number of nitrogens with one attached hydrogen (secondary N) is 1. The van der Waals surface area contributed by atoms with Gasteiger partial charge in [0, 0.05) is 27.2 Å². The zero-order chi connectivity index (χ0) is 18.0. The molecular formula is C17H13BrN2O3S2. The normalized spacial score (nSPS) is 11.3. The molecule has 1 N–H and O–H groups in total. The highest BCUT2D eigenvalue weighted by Crippen LogP contribution is 2.26. The van der Waals surface area contributed by atoms with Gasteiger partial charge in [-0.05, 0) is 36.4 Å². The van der Waals surface area contributed by atoms with E-state index in [0.717, 1.165) is 22.0 Å². The summed E-state index contributed by atoms with van der Waals surface area (Å²) < 4.78 is 23.9. The lowest BCUT2D eigenvalue weighted by atomic mass is 10.2. The second-order valence-corrected chi connectivity index (χ2v) is 9.08. The molecule has 0 aliphatic carbocycles. The standard InChI is InChI=1S/C17H13BrN2O3S2/c1-25(22,23)14-8-4-12(5-9-14)16(21)20-17-19-15(10-24-17)11-2-6-13(18)7-3-11/h2-10H,1H3,(H,19,20,21). The fourth-order valence-electron chi connectivity index (χ4n) is 2.11. The van der Waals surface area contributed by atoms with Crippen molar-refractivity contribution in [1.29, 1.82) is 0 Å². The summed E-state index contributed by atoms with van der Waals surface area (Å²) >= 11 is 4.71. The van der Waals surface area contributed by atoms with Crippen LogP contribution in [0.4, 0.5) is 5.13 Å². The number of carbonyl (C=O) groups excluding carboxylic acids is 1. The molecule has 3 aromatic rings. The van der Waals surface area contributed by atoms with Crippen molar-refractivity contribution in [2.45, 2.75) is 4.90 Å². The van der Waals surface area contributed by atoms with Gasteiger partial charge in [0.15, 0.2) is 15.0 Å². The molecule has 8 heteroatoms. The summed E-state index contributed by atoms with van der Waals surface area (Å²) in [5.41, 5.74) is 2.10. The van der Waals surface area contributed by atoms with Crippen LogP contribution in [0.25, 0.3) is 11.3 Å². The zero-order valence-corrected chi connectivity index (χ0v) is 16.3. The van der Waals surface area contributed by atoms with E-state index < -0.39 is 9.84 Å². The topological polar surface area (TPSA) is 76.1 Å². The summed E-state index contributed by atoms with van der Waals surface area (Å²) in [4.78, 5) is 16.8. The fraction of sp³-hybridized carbons (Fsp3) is 0.0588. The van der Waals surface area contributed by atoms with E-state index in [9.17, 15) is 13.2 Å². The maximum absolute atomic E-state index is 12.3. The van der Waals surface area contributed by atoms with Crippen molar-refractivity contribution in [3.63, 3.8) is 0 Å². The van der Waals surface area contributed by atoms with E-state index in [-0.39, 0.29) is 10.8 Å². The van der Waals surface area contributed by atoms with E-state index in [1.807, 2.05) is 29.6 Å². The van der Waals surface area contributed by atoms with Crippen LogP contribution < -0.4 is 5.32 Å². The molecule has 0 fully saturated rings. The summed E-state index contributed by atoms with van der Waals surface area (Å²) in [6.07, 6.45) is 1.13. The van der Waals surface area contributed by atoms with E-state index >= 15 is 0 Å². The molecule has 0 saturated heterocycles. The van der Waals surface area contributed by atoms with Gasteiger partial charge in [0.25, 0.3) is 5.91 Å². The van der Waals surface area contributed by atoms with E-state index in [1.54, 1.807) is 0 Å². The Bertz CT molecular complexity index is 1010. The lowest BCUT2D eigenvalue weighted by Gasteiger charge is -2.03. The number of carbonyl (C=O) groups is 1. The smallest absolute Gasteiger partial charge is 0.257 e. The van der Waals surface area contributed by atoms with Gasteiger partial charge in [-0.15, -0.1) is 11.3 Å². The van der Waals surface area contributed by atoms with Crippen molar-refractivity contribution >= 4 is 48.1 Å². The molecule has 5 nitrogen and oxygen atoms in total. The zero-order valence-electron chi connectivity index (χ0n) is 13.1. The van der Waals surface area contributed by atoms with Crippen molar-refractivity contribution < 1.29 is 13.2 Å². The largest absolute Gasteiger partial charge is 0.298 e. The van der Waals surface area contributed by atoms with Gasteiger partial charge in [-0.1, -0.05) is 28.1 Å². The predicted octanol–water partition coefficient (Wildman–Crippen LogP) is 4.23. The Labute approximate surface area is 157 Å². The van der Waals surface area contributed by atoms with Crippen LogP contribution in [0.3, 0.4) is 0 Å². The van der Waals surface area contributed by atoms with Gasteiger partial charge in [-0.3, -0.25) is 10.1 Å². The van der Waals surface area contributed by atoms with Gasteiger partial charge in [-0.2, -0.15) is 0 Å². The van der Waals surface area contributed by atoms with Gasteiger partial charge in [0.05, 0.1) is 10.6 Å². The number of anilines is 1. The Hall–Kier alpha value is -2.03. The third-order valence-electron chi connectivity index (χ3n) is 3.41. The minimum atomic E-state index is -3.28. The summed E-state index contributed by atoms with van der Waals surface area (Å²) in [5.74, 6) is -0.336. The Morgan fingerprint density at radius 2 is 1.72 bits per heavy atom. The Kier molecular flexibility index (Phi) is 5.03. The number of sulfone groups is 1. The summed E-state index contributed by atoms with van der Waals surface area (Å²) in [6, 6.07) is 13.5. The number of aromatic nitrogens is 1. The maximum atomic E-state index is 12.3. The number of thiazole rings is 1. The highest BCUT2D eigenvalue weighted by Gasteiger charge is 2.12. The molecule has 0 bridgehead atoms. The lowest BCUT2D eigenvalue weighted by molar-refractivity contribution is 0.102. The van der Waals surface area contributed by atoms with Crippen molar-refractivity contribution in [3.8, 4) is 11.3 Å². The average molecular weight is 437 g/mol. The quantitative estimate of drug-likeness (QED) is 0.663. The summed E-state index contributed by atoms with van der Waals surface area (Å²) in [5, 5.41) is 5.08. The third kappa shape index (κ3) is 4.33. The first-order chi connectivity index (χ1) is 11.8. The van der Waals surface area contributed by atoms with Crippen LogP contribution in [0, 0.1) is 0 Å². The van der Waals surface area contributed by atoms with E-state index in [2.05, 4.69) is 26.2 Å². The van der Waals surface area contributed by atoms with Gasteiger partial charge < -0.3 is 0 Å². The SMILES string of the molecule is CS(=O)(=O)c1ccc(C(=O)Nc2nc(-c3ccc(Br)cc3)cs2)cc1. The molecule has 0 unspecified atom stereocenters. The molecule has 0 saturated carbocycles. The Morgan fingerprint density at radius 3 is 2.32 bits per heavy atom. The highest BCUT2D eigenvalue weighted by molar-refractivity contribution is 9.10. The molecule has 1 heterocycles. The predicted molar refractivity (Wildman–Crippen MR) is 103 cm³/mol. The molecular weight excluding hydrogens is 424 g/mol. The van der Waals surface area contributed by atoms with Crippen molar-refractivity contribution in [2.24, 2.45) is 0 Å². The highest BCUT2D eigenvalue weighted by atomic mass is 79.9. The molecule has 128 valence electrons. The molecule has 0 atom stereocenters. The first-order valence-electron chi connectivity index (χ1n) is 7.16. The van der Waals surface area contributed by atoms with Gasteiger partial charge in [-0.25, -0.2) is 13.4 Å². The van der Waals surface area contributed by atoms with Crippen LogP contribution in [0.5, 0.6) is 0 Å². The van der Waals surface area contributed by atoms with E-state index in [0.29, 0.717) is 10.7 Å². The van der Waals surface area contributed by atoms with Crippen LogP contribution in [0.15, 0.2) is 63.3 Å². The minimum Gasteiger partial charge on any atom is -0.298 e. The number of halogens is 1. The molecule has 2 aromatic carbocycles. The monoisotopic (exact) mass is 436 g/mol. The number of benzene rings is 2. The van der Waals surface area contributed by atoms with Gasteiger partial charge in [0.1, 0.15) is 0 Å². The van der Waals surface area contributed by atoms with E-state index in [1.165, 1.54) is 35.6 Å². The molecule has 3 rings (SSSR count). The van der Waals surface area contributed by atoms with Crippen LogP contribution in [-0.2, 0) is 9.84 Å². The summed E-state index contributed by atoms with van der Waals surface area (Å²) in [6.45, 7) is 0. The lowest BCUT2D eigenvalue weighted by Crippen LogP contribution is -2.11. The Morgan fingerprint density at radius 1 is 1.08 bits per heavy atom. The van der Waals surface area contributed by atoms with Crippen LogP contribution in [0.1, 0.15) is 10.4 Å². The molecule has 25 heavy (non-hydrogen) atoms. The van der Waals surface area contributed by atoms with Gasteiger partial charge in [0.2, 0.25) is 0 Å². The van der Waals surface area contributed by atoms with Crippen molar-refractivity contribution in [2.75, 3.05) is 11.6 Å². The number of rotatable bonds is 4. The van der Waals surface area contributed by atoms with Crippen molar-refractivity contribution in [1.82, 2.24) is 4.98 Å². The first-order valence-corrected chi connectivity index (χ1v) is 10.7. The fourth-order valence-corrected chi connectivity index (χ4v) is 3.72. The average Bonchev–Trinajstić information content (AvgIpc) is 3.03. The molecule has 0 radical (unpaired) electrons. The number of hydrogen-bond donors (Lipinski definition) is 1. The second kappa shape index (κ2) is 7.07. The molecule has 0 aliphatic heterocycles. The van der Waals surface area contributed by atoms with Crippen LogP contribution in [-0.4, -0.2) is 25.6 Å². The van der Waals surface area contributed by atoms with Crippen LogP contribution in [0.2, 0.25) is 0 Å². The Balaban J connectivity index is 1.74. The molecule has 1 aromatic heterocycles. The summed E-state index contributed by atoms with van der Waals surface area (Å²) in [7, 11) is -3.28. The van der Waals surface area contributed by atoms with E-state index in [4.69, 9.17) is 0 Å². The number of nitrogens with zero attached hydrogens (tertiary/aromatic N) is 1.